The van der Waals surface area contributed by atoms with Gasteiger partial charge in [0.1, 0.15) is 11.3 Å². The number of benzene rings is 1. The van der Waals surface area contributed by atoms with Crippen LogP contribution in [0.15, 0.2) is 45.5 Å². The molecule has 2 nitrogen and oxygen atoms in total. The lowest BCUT2D eigenvalue weighted by Gasteiger charge is -2.17. The molecule has 20 heavy (non-hydrogen) atoms. The standard InChI is InChI=1S/C17H19NOS/c1-3-14-16(13-7-5-6-8-15(13)19-14)17(18-4-2)12-9-10-20-11-12/h5-11,17-18H,3-4H2,1-2H3. The smallest absolute Gasteiger partial charge is 0.134 e. The van der Waals surface area contributed by atoms with Gasteiger partial charge in [-0.15, -0.1) is 0 Å². The zero-order chi connectivity index (χ0) is 13.9. The molecule has 3 aromatic rings. The van der Waals surface area contributed by atoms with E-state index in [1.807, 2.05) is 6.07 Å². The molecule has 1 atom stereocenters. The molecule has 0 fully saturated rings. The van der Waals surface area contributed by atoms with E-state index in [1.54, 1.807) is 11.3 Å². The Morgan fingerprint density at radius 2 is 2.05 bits per heavy atom. The van der Waals surface area contributed by atoms with Crippen LogP contribution in [0.3, 0.4) is 0 Å². The summed E-state index contributed by atoms with van der Waals surface area (Å²) in [6.07, 6.45) is 0.913. The molecule has 0 spiro atoms. The third kappa shape index (κ3) is 2.28. The fourth-order valence-electron chi connectivity index (χ4n) is 2.73. The van der Waals surface area contributed by atoms with Crippen LogP contribution < -0.4 is 5.32 Å². The molecule has 0 saturated carbocycles. The molecule has 0 aliphatic rings. The Hall–Kier alpha value is -1.58. The number of nitrogens with one attached hydrogen (secondary N) is 1. The fourth-order valence-corrected chi connectivity index (χ4v) is 3.41. The van der Waals surface area contributed by atoms with Crippen molar-refractivity contribution in [2.75, 3.05) is 6.54 Å². The summed E-state index contributed by atoms with van der Waals surface area (Å²) in [5.41, 5.74) is 3.60. The van der Waals surface area contributed by atoms with Crippen molar-refractivity contribution >= 4 is 22.3 Å². The van der Waals surface area contributed by atoms with Crippen LogP contribution in [0.25, 0.3) is 11.0 Å². The molecule has 0 aliphatic heterocycles. The second kappa shape index (κ2) is 5.81. The number of hydrogen-bond donors (Lipinski definition) is 1. The number of hydrogen-bond acceptors (Lipinski definition) is 3. The van der Waals surface area contributed by atoms with Gasteiger partial charge in [0, 0.05) is 17.4 Å². The van der Waals surface area contributed by atoms with Gasteiger partial charge in [-0.2, -0.15) is 11.3 Å². The Morgan fingerprint density at radius 1 is 1.20 bits per heavy atom. The Bertz CT molecular complexity index is 684. The van der Waals surface area contributed by atoms with Gasteiger partial charge in [-0.3, -0.25) is 0 Å². The number of para-hydroxylation sites is 1. The molecule has 2 aromatic heterocycles. The summed E-state index contributed by atoms with van der Waals surface area (Å²) in [5.74, 6) is 1.09. The molecule has 3 rings (SSSR count). The van der Waals surface area contributed by atoms with Crippen molar-refractivity contribution in [1.82, 2.24) is 5.32 Å². The molecule has 0 radical (unpaired) electrons. The average molecular weight is 285 g/mol. The van der Waals surface area contributed by atoms with Gasteiger partial charge in [-0.1, -0.05) is 32.0 Å². The monoisotopic (exact) mass is 285 g/mol. The Labute approximate surface area is 123 Å². The van der Waals surface area contributed by atoms with Gasteiger partial charge in [0.25, 0.3) is 0 Å². The van der Waals surface area contributed by atoms with Crippen molar-refractivity contribution in [1.29, 1.82) is 0 Å². The number of fused-ring (bicyclic) bond motifs is 1. The van der Waals surface area contributed by atoms with Crippen LogP contribution in [0.5, 0.6) is 0 Å². The maximum Gasteiger partial charge on any atom is 0.134 e. The van der Waals surface area contributed by atoms with E-state index in [1.165, 1.54) is 16.5 Å². The molecule has 1 unspecified atom stereocenters. The molecular formula is C17H19NOS. The summed E-state index contributed by atoms with van der Waals surface area (Å²) in [6, 6.07) is 10.7. The van der Waals surface area contributed by atoms with Gasteiger partial charge < -0.3 is 9.73 Å². The molecule has 1 aromatic carbocycles. The maximum absolute atomic E-state index is 6.04. The third-order valence-corrected chi connectivity index (χ3v) is 4.31. The lowest BCUT2D eigenvalue weighted by molar-refractivity contribution is 0.534. The van der Waals surface area contributed by atoms with Crippen molar-refractivity contribution in [3.63, 3.8) is 0 Å². The first-order valence-electron chi connectivity index (χ1n) is 7.11. The first-order valence-corrected chi connectivity index (χ1v) is 8.05. The van der Waals surface area contributed by atoms with Gasteiger partial charge in [0.2, 0.25) is 0 Å². The Balaban J connectivity index is 2.19. The molecule has 2 heterocycles. The number of thiophene rings is 1. The summed E-state index contributed by atoms with van der Waals surface area (Å²) in [4.78, 5) is 0. The molecule has 3 heteroatoms. The van der Waals surface area contributed by atoms with Gasteiger partial charge in [-0.05, 0) is 35.0 Å². The maximum atomic E-state index is 6.04. The number of furan rings is 1. The van der Waals surface area contributed by atoms with E-state index >= 15 is 0 Å². The number of rotatable bonds is 5. The molecule has 1 N–H and O–H groups in total. The molecule has 104 valence electrons. The second-order valence-electron chi connectivity index (χ2n) is 4.84. The van der Waals surface area contributed by atoms with Crippen LogP contribution in [0, 0.1) is 0 Å². The van der Waals surface area contributed by atoms with Gasteiger partial charge in [0.05, 0.1) is 6.04 Å². The molecule has 0 bridgehead atoms. The highest BCUT2D eigenvalue weighted by molar-refractivity contribution is 7.08. The summed E-state index contributed by atoms with van der Waals surface area (Å²) in [5, 5.41) is 9.17. The highest BCUT2D eigenvalue weighted by Crippen LogP contribution is 2.35. The highest BCUT2D eigenvalue weighted by atomic mass is 32.1. The second-order valence-corrected chi connectivity index (χ2v) is 5.62. The predicted molar refractivity (Wildman–Crippen MR) is 85.4 cm³/mol. The van der Waals surface area contributed by atoms with Crippen molar-refractivity contribution in [3.8, 4) is 0 Å². The van der Waals surface area contributed by atoms with Crippen molar-refractivity contribution in [3.05, 3.63) is 58.0 Å². The van der Waals surface area contributed by atoms with Gasteiger partial charge >= 0.3 is 0 Å². The minimum atomic E-state index is 0.213. The lowest BCUT2D eigenvalue weighted by Crippen LogP contribution is -2.22. The normalized spacial score (nSPS) is 12.9. The van der Waals surface area contributed by atoms with E-state index in [0.717, 1.165) is 24.3 Å². The van der Waals surface area contributed by atoms with Crippen molar-refractivity contribution in [2.24, 2.45) is 0 Å². The topological polar surface area (TPSA) is 25.2 Å². The van der Waals surface area contributed by atoms with E-state index in [0.29, 0.717) is 0 Å². The zero-order valence-electron chi connectivity index (χ0n) is 11.8. The van der Waals surface area contributed by atoms with Crippen LogP contribution in [0.2, 0.25) is 0 Å². The predicted octanol–water partition coefficient (Wildman–Crippen LogP) is 4.76. The quantitative estimate of drug-likeness (QED) is 0.731. The van der Waals surface area contributed by atoms with Crippen LogP contribution in [0.4, 0.5) is 0 Å². The SMILES string of the molecule is CCNC(c1ccsc1)c1c(CC)oc2ccccc12. The molecule has 0 amide bonds. The summed E-state index contributed by atoms with van der Waals surface area (Å²) in [7, 11) is 0. The zero-order valence-corrected chi connectivity index (χ0v) is 12.7. The van der Waals surface area contributed by atoms with Crippen LogP contribution in [-0.2, 0) is 6.42 Å². The summed E-state index contributed by atoms with van der Waals surface area (Å²) < 4.78 is 6.04. The van der Waals surface area contributed by atoms with Gasteiger partial charge in [-0.25, -0.2) is 0 Å². The Kier molecular flexibility index (Phi) is 3.90. The van der Waals surface area contributed by atoms with E-state index < -0.39 is 0 Å². The lowest BCUT2D eigenvalue weighted by atomic mass is 9.97. The fraction of sp³-hybridized carbons (Fsp3) is 0.294. The van der Waals surface area contributed by atoms with Gasteiger partial charge in [0.15, 0.2) is 0 Å². The molecule has 0 saturated heterocycles. The van der Waals surface area contributed by atoms with Crippen LogP contribution in [0.1, 0.15) is 36.8 Å². The van der Waals surface area contributed by atoms with E-state index in [9.17, 15) is 0 Å². The largest absolute Gasteiger partial charge is 0.461 e. The van der Waals surface area contributed by atoms with E-state index in [2.05, 4.69) is 54.2 Å². The number of aryl methyl sites for hydroxylation is 1. The van der Waals surface area contributed by atoms with Crippen molar-refractivity contribution < 1.29 is 4.42 Å². The van der Waals surface area contributed by atoms with E-state index in [-0.39, 0.29) is 6.04 Å². The minimum Gasteiger partial charge on any atom is -0.461 e. The Morgan fingerprint density at radius 3 is 2.75 bits per heavy atom. The first kappa shape index (κ1) is 13.4. The minimum absolute atomic E-state index is 0.213. The molecular weight excluding hydrogens is 266 g/mol. The first-order chi connectivity index (χ1) is 9.85. The van der Waals surface area contributed by atoms with Crippen LogP contribution in [-0.4, -0.2) is 6.54 Å². The average Bonchev–Trinajstić information content (AvgIpc) is 3.12. The van der Waals surface area contributed by atoms with Crippen molar-refractivity contribution in [2.45, 2.75) is 26.3 Å². The summed E-state index contributed by atoms with van der Waals surface area (Å²) >= 11 is 1.74. The third-order valence-electron chi connectivity index (χ3n) is 3.61. The van der Waals surface area contributed by atoms with E-state index in [4.69, 9.17) is 4.42 Å². The highest BCUT2D eigenvalue weighted by Gasteiger charge is 2.22. The molecule has 0 aliphatic carbocycles. The summed E-state index contributed by atoms with van der Waals surface area (Å²) in [6.45, 7) is 5.23. The van der Waals surface area contributed by atoms with Crippen LogP contribution >= 0.6 is 11.3 Å².